The van der Waals surface area contributed by atoms with Gasteiger partial charge in [0.15, 0.2) is 17.5 Å². The van der Waals surface area contributed by atoms with Gasteiger partial charge in [-0.2, -0.15) is 0 Å². The zero-order valence-electron chi connectivity index (χ0n) is 12.7. The Labute approximate surface area is 126 Å². The normalized spacial score (nSPS) is 10.8. The van der Waals surface area contributed by atoms with Crippen molar-refractivity contribution in [1.29, 1.82) is 0 Å². The second kappa shape index (κ2) is 9.54. The SMILES string of the molecule is C#CCOc1cc(CN=C(N)NCCCC)ccc1OC. The molecule has 0 aliphatic rings. The van der Waals surface area contributed by atoms with Crippen LogP contribution >= 0.6 is 0 Å². The van der Waals surface area contributed by atoms with Crippen molar-refractivity contribution >= 4 is 5.96 Å². The highest BCUT2D eigenvalue weighted by Gasteiger charge is 2.05. The molecule has 0 unspecified atom stereocenters. The first-order valence-electron chi connectivity index (χ1n) is 6.98. The molecule has 114 valence electrons. The Kier molecular flexibility index (Phi) is 7.59. The molecule has 3 N–H and O–H groups in total. The van der Waals surface area contributed by atoms with E-state index in [1.165, 1.54) is 0 Å². The third-order valence-corrected chi connectivity index (χ3v) is 2.81. The van der Waals surface area contributed by atoms with Crippen molar-refractivity contribution in [2.45, 2.75) is 26.3 Å². The molecule has 1 aromatic carbocycles. The quantitative estimate of drug-likeness (QED) is 0.332. The van der Waals surface area contributed by atoms with Gasteiger partial charge in [0, 0.05) is 6.54 Å². The van der Waals surface area contributed by atoms with Crippen molar-refractivity contribution in [3.63, 3.8) is 0 Å². The van der Waals surface area contributed by atoms with E-state index in [1.54, 1.807) is 7.11 Å². The molecule has 0 radical (unpaired) electrons. The maximum Gasteiger partial charge on any atom is 0.188 e. The summed E-state index contributed by atoms with van der Waals surface area (Å²) in [5, 5.41) is 3.07. The number of hydrogen-bond donors (Lipinski definition) is 2. The first-order chi connectivity index (χ1) is 10.2. The number of aliphatic imine (C=N–C) groups is 1. The fraction of sp³-hybridized carbons (Fsp3) is 0.438. The van der Waals surface area contributed by atoms with Gasteiger partial charge < -0.3 is 20.5 Å². The second-order valence-electron chi connectivity index (χ2n) is 4.46. The summed E-state index contributed by atoms with van der Waals surface area (Å²) < 4.78 is 10.7. The van der Waals surface area contributed by atoms with E-state index in [0.29, 0.717) is 24.0 Å². The number of nitrogens with two attached hydrogens (primary N) is 1. The monoisotopic (exact) mass is 289 g/mol. The summed E-state index contributed by atoms with van der Waals surface area (Å²) in [4.78, 5) is 4.29. The van der Waals surface area contributed by atoms with Crippen LogP contribution in [0.25, 0.3) is 0 Å². The van der Waals surface area contributed by atoms with Crippen LogP contribution in [-0.4, -0.2) is 26.2 Å². The molecule has 0 aliphatic heterocycles. The van der Waals surface area contributed by atoms with Crippen LogP contribution in [-0.2, 0) is 6.54 Å². The predicted molar refractivity (Wildman–Crippen MR) is 85.6 cm³/mol. The molecule has 5 heteroatoms. The maximum atomic E-state index is 5.79. The molecule has 0 spiro atoms. The average Bonchev–Trinajstić information content (AvgIpc) is 2.51. The summed E-state index contributed by atoms with van der Waals surface area (Å²) in [6.45, 7) is 3.64. The molecular weight excluding hydrogens is 266 g/mol. The lowest BCUT2D eigenvalue weighted by molar-refractivity contribution is 0.330. The van der Waals surface area contributed by atoms with Gasteiger partial charge in [-0.05, 0) is 24.1 Å². The molecule has 0 amide bonds. The third-order valence-electron chi connectivity index (χ3n) is 2.81. The molecule has 0 aromatic heterocycles. The molecule has 0 bridgehead atoms. The molecule has 0 saturated heterocycles. The van der Waals surface area contributed by atoms with Gasteiger partial charge in [0.2, 0.25) is 0 Å². The molecule has 1 aromatic rings. The average molecular weight is 289 g/mol. The molecule has 0 heterocycles. The van der Waals surface area contributed by atoms with E-state index < -0.39 is 0 Å². The molecule has 0 fully saturated rings. The van der Waals surface area contributed by atoms with Crippen molar-refractivity contribution in [3.05, 3.63) is 23.8 Å². The van der Waals surface area contributed by atoms with E-state index in [-0.39, 0.29) is 6.61 Å². The Morgan fingerprint density at radius 2 is 2.24 bits per heavy atom. The van der Waals surface area contributed by atoms with Crippen LogP contribution in [0.5, 0.6) is 11.5 Å². The molecule has 0 saturated carbocycles. The molecule has 0 aliphatic carbocycles. The smallest absolute Gasteiger partial charge is 0.188 e. The van der Waals surface area contributed by atoms with Crippen molar-refractivity contribution in [3.8, 4) is 23.8 Å². The van der Waals surface area contributed by atoms with Gasteiger partial charge in [-0.15, -0.1) is 6.42 Å². The summed E-state index contributed by atoms with van der Waals surface area (Å²) in [6.07, 6.45) is 7.39. The Morgan fingerprint density at radius 3 is 2.90 bits per heavy atom. The van der Waals surface area contributed by atoms with Crippen LogP contribution in [0.3, 0.4) is 0 Å². The van der Waals surface area contributed by atoms with Gasteiger partial charge in [-0.1, -0.05) is 25.3 Å². The molecule has 21 heavy (non-hydrogen) atoms. The predicted octanol–water partition coefficient (Wildman–Crippen LogP) is 1.91. The minimum absolute atomic E-state index is 0.198. The molecule has 1 rings (SSSR count). The van der Waals surface area contributed by atoms with Gasteiger partial charge >= 0.3 is 0 Å². The van der Waals surface area contributed by atoms with Crippen molar-refractivity contribution in [2.75, 3.05) is 20.3 Å². The minimum atomic E-state index is 0.198. The number of benzene rings is 1. The van der Waals surface area contributed by atoms with Crippen molar-refractivity contribution in [2.24, 2.45) is 10.7 Å². The number of hydrogen-bond acceptors (Lipinski definition) is 3. The fourth-order valence-corrected chi connectivity index (χ4v) is 1.68. The van der Waals surface area contributed by atoms with Crippen LogP contribution in [0.1, 0.15) is 25.3 Å². The van der Waals surface area contributed by atoms with E-state index in [9.17, 15) is 0 Å². The summed E-state index contributed by atoms with van der Waals surface area (Å²) in [6, 6.07) is 5.61. The highest BCUT2D eigenvalue weighted by Crippen LogP contribution is 2.28. The van der Waals surface area contributed by atoms with Crippen molar-refractivity contribution in [1.82, 2.24) is 5.32 Å². The summed E-state index contributed by atoms with van der Waals surface area (Å²) in [5.41, 5.74) is 6.77. The second-order valence-corrected chi connectivity index (χ2v) is 4.46. The Hall–Kier alpha value is -2.35. The standard InChI is InChI=1S/C16H23N3O2/c1-4-6-9-18-16(17)19-12-13-7-8-14(20-3)15(11-13)21-10-5-2/h2,7-8,11H,4,6,9-10,12H2,1,3H3,(H3,17,18,19). The summed E-state index contributed by atoms with van der Waals surface area (Å²) in [5.74, 6) is 4.14. The number of ether oxygens (including phenoxy) is 2. The minimum Gasteiger partial charge on any atom is -0.493 e. The van der Waals surface area contributed by atoms with E-state index in [2.05, 4.69) is 23.2 Å². The Balaban J connectivity index is 2.66. The molecule has 0 atom stereocenters. The Bertz CT molecular complexity index is 507. The van der Waals surface area contributed by atoms with Gasteiger partial charge in [-0.3, -0.25) is 0 Å². The zero-order chi connectivity index (χ0) is 15.5. The van der Waals surface area contributed by atoms with E-state index in [0.717, 1.165) is 24.9 Å². The number of terminal acetylenes is 1. The van der Waals surface area contributed by atoms with Crippen molar-refractivity contribution < 1.29 is 9.47 Å². The molecule has 5 nitrogen and oxygen atoms in total. The lowest BCUT2D eigenvalue weighted by Crippen LogP contribution is -2.32. The molecular formula is C16H23N3O2. The van der Waals surface area contributed by atoms with Crippen LogP contribution < -0.4 is 20.5 Å². The van der Waals surface area contributed by atoms with Crippen LogP contribution in [0, 0.1) is 12.3 Å². The lowest BCUT2D eigenvalue weighted by atomic mass is 10.2. The highest BCUT2D eigenvalue weighted by molar-refractivity contribution is 5.77. The van der Waals surface area contributed by atoms with Gasteiger partial charge in [0.05, 0.1) is 13.7 Å². The largest absolute Gasteiger partial charge is 0.493 e. The number of rotatable bonds is 8. The number of nitrogens with zero attached hydrogens (tertiary/aromatic N) is 1. The van der Waals surface area contributed by atoms with Crippen LogP contribution in [0.2, 0.25) is 0 Å². The topological polar surface area (TPSA) is 68.9 Å². The lowest BCUT2D eigenvalue weighted by Gasteiger charge is -2.10. The summed E-state index contributed by atoms with van der Waals surface area (Å²) >= 11 is 0. The maximum absolute atomic E-state index is 5.79. The van der Waals surface area contributed by atoms with E-state index in [1.807, 2.05) is 18.2 Å². The van der Waals surface area contributed by atoms with Crippen LogP contribution in [0.4, 0.5) is 0 Å². The van der Waals surface area contributed by atoms with Crippen LogP contribution in [0.15, 0.2) is 23.2 Å². The zero-order valence-corrected chi connectivity index (χ0v) is 12.7. The number of guanidine groups is 1. The third kappa shape index (κ3) is 6.09. The number of unbranched alkanes of at least 4 members (excludes halogenated alkanes) is 1. The summed E-state index contributed by atoms with van der Waals surface area (Å²) in [7, 11) is 1.59. The fourth-order valence-electron chi connectivity index (χ4n) is 1.68. The highest BCUT2D eigenvalue weighted by atomic mass is 16.5. The van der Waals surface area contributed by atoms with Gasteiger partial charge in [0.25, 0.3) is 0 Å². The van der Waals surface area contributed by atoms with Gasteiger partial charge in [0.1, 0.15) is 6.61 Å². The van der Waals surface area contributed by atoms with E-state index in [4.69, 9.17) is 21.6 Å². The number of nitrogens with one attached hydrogen (secondary N) is 1. The number of methoxy groups -OCH3 is 1. The first kappa shape index (κ1) is 16.7. The van der Waals surface area contributed by atoms with Gasteiger partial charge in [-0.25, -0.2) is 4.99 Å². The van der Waals surface area contributed by atoms with E-state index >= 15 is 0 Å². The Morgan fingerprint density at radius 1 is 1.43 bits per heavy atom. The first-order valence-corrected chi connectivity index (χ1v) is 6.98.